The summed E-state index contributed by atoms with van der Waals surface area (Å²) in [7, 11) is 0. The van der Waals surface area contributed by atoms with Crippen molar-refractivity contribution in [1.82, 2.24) is 4.98 Å². The number of pyridine rings is 1. The number of ether oxygens (including phenoxy) is 1. The summed E-state index contributed by atoms with van der Waals surface area (Å²) in [5.41, 5.74) is 8.13. The van der Waals surface area contributed by atoms with E-state index in [1.807, 2.05) is 37.3 Å². The number of rotatable bonds is 4. The first-order valence-corrected chi connectivity index (χ1v) is 6.49. The van der Waals surface area contributed by atoms with Gasteiger partial charge in [0, 0.05) is 11.8 Å². The molecule has 0 aliphatic carbocycles. The number of nitrogens with two attached hydrogens (primary N) is 1. The molecule has 3 nitrogen and oxygen atoms in total. The quantitative estimate of drug-likeness (QED) is 0.879. The minimum Gasteiger partial charge on any atom is -0.487 e. The maximum atomic E-state index is 6.11. The zero-order valence-electron chi connectivity index (χ0n) is 10.4. The largest absolute Gasteiger partial charge is 0.487 e. The van der Waals surface area contributed by atoms with Crippen molar-refractivity contribution in [1.29, 1.82) is 0 Å². The summed E-state index contributed by atoms with van der Waals surface area (Å²) < 4.78 is 5.68. The SMILES string of the molecule is Cc1ccc(OCc2cccnc2C(N)=S)c(Cl)c1. The molecule has 0 radical (unpaired) electrons. The van der Waals surface area contributed by atoms with Gasteiger partial charge < -0.3 is 10.5 Å². The van der Waals surface area contributed by atoms with E-state index < -0.39 is 0 Å². The number of hydrogen-bond donors (Lipinski definition) is 1. The monoisotopic (exact) mass is 292 g/mol. The van der Waals surface area contributed by atoms with Crippen molar-refractivity contribution < 1.29 is 4.74 Å². The van der Waals surface area contributed by atoms with E-state index in [2.05, 4.69) is 4.98 Å². The molecule has 19 heavy (non-hydrogen) atoms. The number of halogens is 1. The molecule has 2 aromatic rings. The lowest BCUT2D eigenvalue weighted by Gasteiger charge is -2.10. The smallest absolute Gasteiger partial charge is 0.138 e. The summed E-state index contributed by atoms with van der Waals surface area (Å²) in [6.07, 6.45) is 1.65. The van der Waals surface area contributed by atoms with Crippen LogP contribution < -0.4 is 10.5 Å². The lowest BCUT2D eigenvalue weighted by atomic mass is 10.2. The van der Waals surface area contributed by atoms with Crippen LogP contribution in [0.25, 0.3) is 0 Å². The van der Waals surface area contributed by atoms with Crippen molar-refractivity contribution in [3.05, 3.63) is 58.4 Å². The highest BCUT2D eigenvalue weighted by Crippen LogP contribution is 2.26. The van der Waals surface area contributed by atoms with Crippen LogP contribution in [0.15, 0.2) is 36.5 Å². The fraction of sp³-hybridized carbons (Fsp3) is 0.143. The number of aromatic nitrogens is 1. The second-order valence-electron chi connectivity index (χ2n) is 4.10. The third-order valence-electron chi connectivity index (χ3n) is 2.60. The van der Waals surface area contributed by atoms with Crippen LogP contribution in [-0.4, -0.2) is 9.97 Å². The molecule has 98 valence electrons. The second kappa shape index (κ2) is 5.99. The summed E-state index contributed by atoms with van der Waals surface area (Å²) in [5, 5.41) is 0.584. The van der Waals surface area contributed by atoms with Gasteiger partial charge in [0.1, 0.15) is 23.0 Å². The molecule has 0 aliphatic heterocycles. The molecule has 2 rings (SSSR count). The number of hydrogen-bond acceptors (Lipinski definition) is 3. The molecule has 0 bridgehead atoms. The average Bonchev–Trinajstić information content (AvgIpc) is 2.38. The van der Waals surface area contributed by atoms with Gasteiger partial charge in [-0.3, -0.25) is 4.98 Å². The molecule has 0 fully saturated rings. The van der Waals surface area contributed by atoms with Crippen LogP contribution in [0.2, 0.25) is 5.02 Å². The normalized spacial score (nSPS) is 10.2. The molecule has 1 heterocycles. The molecule has 2 N–H and O–H groups in total. The fourth-order valence-electron chi connectivity index (χ4n) is 1.66. The average molecular weight is 293 g/mol. The van der Waals surface area contributed by atoms with Gasteiger partial charge in [-0.05, 0) is 30.7 Å². The van der Waals surface area contributed by atoms with Gasteiger partial charge in [-0.2, -0.15) is 0 Å². The summed E-state index contributed by atoms with van der Waals surface area (Å²) >= 11 is 11.1. The van der Waals surface area contributed by atoms with Gasteiger partial charge in [-0.1, -0.05) is 36.0 Å². The van der Waals surface area contributed by atoms with Crippen LogP contribution >= 0.6 is 23.8 Å². The van der Waals surface area contributed by atoms with Crippen LogP contribution in [0, 0.1) is 6.92 Å². The molecule has 0 aliphatic rings. The van der Waals surface area contributed by atoms with Gasteiger partial charge >= 0.3 is 0 Å². The van der Waals surface area contributed by atoms with E-state index in [4.69, 9.17) is 34.3 Å². The standard InChI is InChI=1S/C14H13ClN2OS/c1-9-4-5-12(11(15)7-9)18-8-10-3-2-6-17-13(10)14(16)19/h2-7H,8H2,1H3,(H2,16,19). The van der Waals surface area contributed by atoms with Gasteiger partial charge in [0.25, 0.3) is 0 Å². The first-order chi connectivity index (χ1) is 9.08. The number of aryl methyl sites for hydroxylation is 1. The van der Waals surface area contributed by atoms with Crippen LogP contribution in [0.1, 0.15) is 16.8 Å². The van der Waals surface area contributed by atoms with E-state index in [0.717, 1.165) is 11.1 Å². The Kier molecular flexibility index (Phi) is 4.35. The van der Waals surface area contributed by atoms with Gasteiger partial charge in [0.15, 0.2) is 0 Å². The highest BCUT2D eigenvalue weighted by Gasteiger charge is 2.08. The Morgan fingerprint density at radius 3 is 2.89 bits per heavy atom. The van der Waals surface area contributed by atoms with Gasteiger partial charge in [-0.15, -0.1) is 0 Å². The fourth-order valence-corrected chi connectivity index (χ4v) is 2.13. The molecular weight excluding hydrogens is 280 g/mol. The summed E-state index contributed by atoms with van der Waals surface area (Å²) in [5.74, 6) is 0.630. The number of thiocarbonyl (C=S) groups is 1. The van der Waals surface area contributed by atoms with E-state index in [1.54, 1.807) is 6.20 Å². The summed E-state index contributed by atoms with van der Waals surface area (Å²) in [6.45, 7) is 2.30. The van der Waals surface area contributed by atoms with Crippen LogP contribution in [0.4, 0.5) is 0 Å². The maximum absolute atomic E-state index is 6.11. The van der Waals surface area contributed by atoms with E-state index in [1.165, 1.54) is 0 Å². The van der Waals surface area contributed by atoms with E-state index in [9.17, 15) is 0 Å². The molecule has 1 aromatic heterocycles. The third kappa shape index (κ3) is 3.43. The Morgan fingerprint density at radius 2 is 2.21 bits per heavy atom. The first kappa shape index (κ1) is 13.8. The Labute approximate surface area is 122 Å². The number of benzene rings is 1. The van der Waals surface area contributed by atoms with E-state index in [-0.39, 0.29) is 4.99 Å². The highest BCUT2D eigenvalue weighted by molar-refractivity contribution is 7.80. The Balaban J connectivity index is 2.17. The number of nitrogens with zero attached hydrogens (tertiary/aromatic N) is 1. The molecule has 0 amide bonds. The molecule has 0 spiro atoms. The second-order valence-corrected chi connectivity index (χ2v) is 4.94. The van der Waals surface area contributed by atoms with Gasteiger partial charge in [0.2, 0.25) is 0 Å². The zero-order valence-corrected chi connectivity index (χ0v) is 12.0. The molecule has 0 unspecified atom stereocenters. The van der Waals surface area contributed by atoms with Crippen molar-refractivity contribution in [2.45, 2.75) is 13.5 Å². The summed E-state index contributed by atoms with van der Waals surface area (Å²) in [6, 6.07) is 9.34. The molecule has 0 atom stereocenters. The molecule has 1 aromatic carbocycles. The Bertz CT molecular complexity index is 616. The molecule has 5 heteroatoms. The van der Waals surface area contributed by atoms with Crippen LogP contribution in [0.5, 0.6) is 5.75 Å². The van der Waals surface area contributed by atoms with Crippen molar-refractivity contribution >= 4 is 28.8 Å². The minimum absolute atomic E-state index is 0.259. The van der Waals surface area contributed by atoms with E-state index in [0.29, 0.717) is 23.1 Å². The summed E-state index contributed by atoms with van der Waals surface area (Å²) in [4.78, 5) is 4.41. The van der Waals surface area contributed by atoms with Gasteiger partial charge in [0.05, 0.1) is 5.02 Å². The lowest BCUT2D eigenvalue weighted by Crippen LogP contribution is -2.15. The van der Waals surface area contributed by atoms with Crippen molar-refractivity contribution in [3.63, 3.8) is 0 Å². The van der Waals surface area contributed by atoms with E-state index >= 15 is 0 Å². The van der Waals surface area contributed by atoms with Gasteiger partial charge in [-0.25, -0.2) is 0 Å². The predicted octanol–water partition coefficient (Wildman–Crippen LogP) is 3.26. The van der Waals surface area contributed by atoms with Crippen molar-refractivity contribution in [3.8, 4) is 5.75 Å². The Hall–Kier alpha value is -1.65. The molecule has 0 saturated heterocycles. The lowest BCUT2D eigenvalue weighted by molar-refractivity contribution is 0.305. The zero-order chi connectivity index (χ0) is 13.8. The molecule has 0 saturated carbocycles. The van der Waals surface area contributed by atoms with Crippen LogP contribution in [0.3, 0.4) is 0 Å². The van der Waals surface area contributed by atoms with Crippen molar-refractivity contribution in [2.24, 2.45) is 5.73 Å². The third-order valence-corrected chi connectivity index (χ3v) is 3.08. The van der Waals surface area contributed by atoms with Crippen LogP contribution in [-0.2, 0) is 6.61 Å². The maximum Gasteiger partial charge on any atom is 0.138 e. The predicted molar refractivity (Wildman–Crippen MR) is 80.6 cm³/mol. The highest BCUT2D eigenvalue weighted by atomic mass is 35.5. The first-order valence-electron chi connectivity index (χ1n) is 5.70. The molecular formula is C14H13ClN2OS. The minimum atomic E-state index is 0.259. The topological polar surface area (TPSA) is 48.1 Å². The van der Waals surface area contributed by atoms with Crippen molar-refractivity contribution in [2.75, 3.05) is 0 Å². The Morgan fingerprint density at radius 1 is 1.42 bits per heavy atom.